The highest BCUT2D eigenvalue weighted by atomic mass is 32.1. The van der Waals surface area contributed by atoms with Crippen molar-refractivity contribution in [2.45, 2.75) is 39.0 Å². The molecule has 5 rings (SSSR count). The van der Waals surface area contributed by atoms with Gasteiger partial charge in [-0.05, 0) is 50.6 Å². The Balaban J connectivity index is 1.19. The van der Waals surface area contributed by atoms with Crippen molar-refractivity contribution < 1.29 is 4.74 Å². The molecule has 3 aliphatic heterocycles. The van der Waals surface area contributed by atoms with Gasteiger partial charge in [0.1, 0.15) is 17.0 Å². The van der Waals surface area contributed by atoms with Gasteiger partial charge in [0.25, 0.3) is 0 Å². The number of hydrogen-bond acceptors (Lipinski definition) is 6. The summed E-state index contributed by atoms with van der Waals surface area (Å²) in [5, 5.41) is 1.26. The molecule has 0 amide bonds. The third-order valence-electron chi connectivity index (χ3n) is 6.76. The first-order valence-electron chi connectivity index (χ1n) is 10.5. The van der Waals surface area contributed by atoms with Crippen molar-refractivity contribution in [3.8, 4) is 0 Å². The van der Waals surface area contributed by atoms with Gasteiger partial charge >= 0.3 is 0 Å². The topological polar surface area (TPSA) is 41.5 Å². The van der Waals surface area contributed by atoms with Crippen molar-refractivity contribution in [2.24, 2.45) is 11.3 Å². The van der Waals surface area contributed by atoms with Crippen molar-refractivity contribution >= 4 is 27.4 Å². The van der Waals surface area contributed by atoms with Gasteiger partial charge in [0, 0.05) is 49.7 Å². The van der Waals surface area contributed by atoms with Crippen LogP contribution in [0.5, 0.6) is 0 Å². The van der Waals surface area contributed by atoms with E-state index in [2.05, 4.69) is 32.8 Å². The highest BCUT2D eigenvalue weighted by Crippen LogP contribution is 2.42. The summed E-state index contributed by atoms with van der Waals surface area (Å²) in [7, 11) is 0. The van der Waals surface area contributed by atoms with E-state index in [1.54, 1.807) is 6.33 Å². The molecule has 0 bridgehead atoms. The third-order valence-corrected chi connectivity index (χ3v) is 7.95. The van der Waals surface area contributed by atoms with E-state index in [0.29, 0.717) is 5.41 Å². The normalized spacial score (nSPS) is 23.4. The van der Waals surface area contributed by atoms with E-state index >= 15 is 0 Å². The second-order valence-corrected chi connectivity index (χ2v) is 9.82. The maximum atomic E-state index is 5.49. The van der Waals surface area contributed by atoms with Gasteiger partial charge < -0.3 is 14.5 Å². The smallest absolute Gasteiger partial charge is 0.140 e. The SMILES string of the molecule is CCc1cc2c(N3CCC4(CN(CCC5CCOCC5)C4)C3)ncnc2s1. The van der Waals surface area contributed by atoms with Crippen LogP contribution >= 0.6 is 11.3 Å². The largest absolute Gasteiger partial charge is 0.381 e. The average Bonchev–Trinajstić information content (AvgIpc) is 3.30. The number of rotatable bonds is 5. The molecule has 6 heteroatoms. The molecule has 3 fully saturated rings. The number of likely N-dealkylation sites (tertiary alicyclic amines) is 1. The fourth-order valence-corrected chi connectivity index (χ4v) is 6.08. The first kappa shape index (κ1) is 17.8. The molecular formula is C21H30N4OS. The summed E-state index contributed by atoms with van der Waals surface area (Å²) in [5.74, 6) is 2.05. The molecule has 0 N–H and O–H groups in total. The molecule has 3 saturated heterocycles. The van der Waals surface area contributed by atoms with Crippen LogP contribution in [0.2, 0.25) is 0 Å². The lowest BCUT2D eigenvalue weighted by atomic mass is 9.78. The van der Waals surface area contributed by atoms with Gasteiger partial charge in [-0.25, -0.2) is 9.97 Å². The van der Waals surface area contributed by atoms with Crippen LogP contribution in [0.25, 0.3) is 10.2 Å². The lowest BCUT2D eigenvalue weighted by Crippen LogP contribution is -2.57. The highest BCUT2D eigenvalue weighted by Gasteiger charge is 2.47. The lowest BCUT2D eigenvalue weighted by molar-refractivity contribution is 0.00569. The molecule has 2 aromatic rings. The Labute approximate surface area is 165 Å². The third kappa shape index (κ3) is 3.47. The van der Waals surface area contributed by atoms with Crippen LogP contribution in [0.1, 0.15) is 37.5 Å². The second-order valence-electron chi connectivity index (χ2n) is 8.71. The molecule has 0 saturated carbocycles. The van der Waals surface area contributed by atoms with Gasteiger partial charge in [-0.2, -0.15) is 0 Å². The Kier molecular flexibility index (Phi) is 4.82. The zero-order valence-electron chi connectivity index (χ0n) is 16.3. The molecule has 2 aromatic heterocycles. The van der Waals surface area contributed by atoms with E-state index < -0.39 is 0 Å². The Morgan fingerprint density at radius 1 is 1.22 bits per heavy atom. The Hall–Kier alpha value is -1.24. The molecule has 1 spiro atoms. The van der Waals surface area contributed by atoms with Crippen LogP contribution in [-0.4, -0.2) is 60.8 Å². The lowest BCUT2D eigenvalue weighted by Gasteiger charge is -2.48. The molecule has 146 valence electrons. The van der Waals surface area contributed by atoms with Crippen LogP contribution in [0.3, 0.4) is 0 Å². The molecule has 27 heavy (non-hydrogen) atoms. The summed E-state index contributed by atoms with van der Waals surface area (Å²) in [4.78, 5) is 16.9. The highest BCUT2D eigenvalue weighted by molar-refractivity contribution is 7.18. The fourth-order valence-electron chi connectivity index (χ4n) is 5.15. The van der Waals surface area contributed by atoms with Crippen LogP contribution in [-0.2, 0) is 11.2 Å². The number of anilines is 1. The quantitative estimate of drug-likeness (QED) is 0.786. The standard InChI is InChI=1S/C21H30N4OS/c1-2-17-11-18-19(22-15-23-20(18)27-17)25-8-6-21(14-25)12-24(13-21)7-3-16-4-9-26-10-5-16/h11,15-16H,2-10,12-14H2,1H3. The maximum Gasteiger partial charge on any atom is 0.140 e. The molecule has 5 heterocycles. The number of thiophene rings is 1. The monoisotopic (exact) mass is 386 g/mol. The van der Waals surface area contributed by atoms with Crippen molar-refractivity contribution in [1.29, 1.82) is 0 Å². The number of hydrogen-bond donors (Lipinski definition) is 0. The maximum absolute atomic E-state index is 5.49. The first-order valence-corrected chi connectivity index (χ1v) is 11.3. The molecule has 0 aromatic carbocycles. The van der Waals surface area contributed by atoms with Crippen LogP contribution in [0, 0.1) is 11.3 Å². The Morgan fingerprint density at radius 2 is 2.07 bits per heavy atom. The Morgan fingerprint density at radius 3 is 2.89 bits per heavy atom. The van der Waals surface area contributed by atoms with E-state index in [4.69, 9.17) is 4.74 Å². The van der Waals surface area contributed by atoms with E-state index in [1.807, 2.05) is 11.3 Å². The van der Waals surface area contributed by atoms with Crippen molar-refractivity contribution in [3.05, 3.63) is 17.3 Å². The van der Waals surface area contributed by atoms with Crippen molar-refractivity contribution in [2.75, 3.05) is 50.8 Å². The number of aromatic nitrogens is 2. The minimum atomic E-state index is 0.497. The average molecular weight is 387 g/mol. The fraction of sp³-hybridized carbons (Fsp3) is 0.714. The van der Waals surface area contributed by atoms with Crippen LogP contribution in [0.15, 0.2) is 12.4 Å². The summed E-state index contributed by atoms with van der Waals surface area (Å²) in [6.45, 7) is 10.3. The summed E-state index contributed by atoms with van der Waals surface area (Å²) >= 11 is 1.82. The minimum Gasteiger partial charge on any atom is -0.381 e. The molecular weight excluding hydrogens is 356 g/mol. The van der Waals surface area contributed by atoms with Gasteiger partial charge in [0.15, 0.2) is 0 Å². The Bertz CT molecular complexity index is 795. The van der Waals surface area contributed by atoms with E-state index in [-0.39, 0.29) is 0 Å². The predicted octanol–water partition coefficient (Wildman–Crippen LogP) is 3.58. The molecule has 0 radical (unpaired) electrons. The van der Waals surface area contributed by atoms with Crippen LogP contribution < -0.4 is 4.90 Å². The summed E-state index contributed by atoms with van der Waals surface area (Å²) in [6, 6.07) is 2.31. The van der Waals surface area contributed by atoms with E-state index in [9.17, 15) is 0 Å². The van der Waals surface area contributed by atoms with Gasteiger partial charge in [0.05, 0.1) is 5.39 Å². The second kappa shape index (κ2) is 7.30. The molecule has 0 atom stereocenters. The van der Waals surface area contributed by atoms with Crippen LogP contribution in [0.4, 0.5) is 5.82 Å². The van der Waals surface area contributed by atoms with Gasteiger partial charge in [-0.3, -0.25) is 0 Å². The summed E-state index contributed by atoms with van der Waals surface area (Å²) in [6.07, 6.45) is 8.00. The number of fused-ring (bicyclic) bond motifs is 1. The summed E-state index contributed by atoms with van der Waals surface area (Å²) < 4.78 is 5.49. The molecule has 5 nitrogen and oxygen atoms in total. The van der Waals surface area contributed by atoms with Gasteiger partial charge in [-0.15, -0.1) is 11.3 Å². The molecule has 0 unspecified atom stereocenters. The first-order chi connectivity index (χ1) is 13.2. The summed E-state index contributed by atoms with van der Waals surface area (Å²) in [5.41, 5.74) is 0.497. The zero-order chi connectivity index (χ0) is 18.3. The number of ether oxygens (including phenoxy) is 1. The number of aryl methyl sites for hydroxylation is 1. The molecule has 0 aliphatic carbocycles. The van der Waals surface area contributed by atoms with Gasteiger partial charge in [0.2, 0.25) is 0 Å². The van der Waals surface area contributed by atoms with Gasteiger partial charge in [-0.1, -0.05) is 6.92 Å². The molecule has 3 aliphatic rings. The van der Waals surface area contributed by atoms with E-state index in [1.165, 1.54) is 55.6 Å². The van der Waals surface area contributed by atoms with Crippen molar-refractivity contribution in [1.82, 2.24) is 14.9 Å². The predicted molar refractivity (Wildman–Crippen MR) is 111 cm³/mol. The minimum absolute atomic E-state index is 0.497. The number of nitrogens with zero attached hydrogens (tertiary/aromatic N) is 4. The zero-order valence-corrected chi connectivity index (χ0v) is 17.1. The van der Waals surface area contributed by atoms with Crippen molar-refractivity contribution in [3.63, 3.8) is 0 Å². The van der Waals surface area contributed by atoms with E-state index in [0.717, 1.165) is 49.3 Å².